The van der Waals surface area contributed by atoms with Gasteiger partial charge >= 0.3 is 0 Å². The highest BCUT2D eigenvalue weighted by atomic mass is 16.5. The third-order valence-electron chi connectivity index (χ3n) is 5.49. The number of hydrogen-bond donors (Lipinski definition) is 0. The van der Waals surface area contributed by atoms with E-state index in [2.05, 4.69) is 62.0 Å². The van der Waals surface area contributed by atoms with E-state index in [1.54, 1.807) is 0 Å². The number of fused-ring (bicyclic) bond motifs is 1. The van der Waals surface area contributed by atoms with Crippen molar-refractivity contribution in [1.29, 1.82) is 0 Å². The number of rotatable bonds is 2. The van der Waals surface area contributed by atoms with Crippen LogP contribution in [0, 0.1) is 0 Å². The lowest BCUT2D eigenvalue weighted by Gasteiger charge is -2.43. The average Bonchev–Trinajstić information content (AvgIpc) is 2.64. The maximum absolute atomic E-state index is 6.63. The van der Waals surface area contributed by atoms with Crippen molar-refractivity contribution < 1.29 is 4.74 Å². The summed E-state index contributed by atoms with van der Waals surface area (Å²) in [6.45, 7) is 6.66. The Hall–Kier alpha value is -1.06. The minimum Gasteiger partial charge on any atom is -0.486 e. The van der Waals surface area contributed by atoms with Crippen LogP contribution in [0.3, 0.4) is 0 Å². The van der Waals surface area contributed by atoms with E-state index in [1.165, 1.54) is 18.4 Å². The molecular formula is C19H30N2O. The first-order valence-electron chi connectivity index (χ1n) is 8.66. The molecule has 1 aromatic carbocycles. The molecule has 22 heavy (non-hydrogen) atoms. The predicted molar refractivity (Wildman–Crippen MR) is 91.3 cm³/mol. The van der Waals surface area contributed by atoms with E-state index < -0.39 is 0 Å². The van der Waals surface area contributed by atoms with Crippen molar-refractivity contribution in [3.8, 4) is 5.75 Å². The number of nitrogens with zero attached hydrogens (tertiary/aromatic N) is 2. The Morgan fingerprint density at radius 2 is 1.86 bits per heavy atom. The maximum Gasteiger partial charge on any atom is 0.124 e. The summed E-state index contributed by atoms with van der Waals surface area (Å²) < 4.78 is 6.63. The Kier molecular flexibility index (Phi) is 4.47. The van der Waals surface area contributed by atoms with Gasteiger partial charge in [0.1, 0.15) is 11.4 Å². The van der Waals surface area contributed by atoms with Gasteiger partial charge in [-0.1, -0.05) is 18.2 Å². The van der Waals surface area contributed by atoms with E-state index in [1.807, 2.05) is 0 Å². The molecule has 1 aliphatic heterocycles. The molecular weight excluding hydrogens is 272 g/mol. The van der Waals surface area contributed by atoms with E-state index in [0.717, 1.165) is 31.7 Å². The Morgan fingerprint density at radius 3 is 2.50 bits per heavy atom. The van der Waals surface area contributed by atoms with E-state index in [-0.39, 0.29) is 5.60 Å². The average molecular weight is 302 g/mol. The zero-order valence-corrected chi connectivity index (χ0v) is 14.5. The Balaban J connectivity index is 1.85. The van der Waals surface area contributed by atoms with E-state index >= 15 is 0 Å². The van der Waals surface area contributed by atoms with Gasteiger partial charge in [-0.05, 0) is 59.7 Å². The molecule has 1 heterocycles. The number of para-hydroxylation sites is 1. The van der Waals surface area contributed by atoms with Crippen LogP contribution in [0.15, 0.2) is 24.3 Å². The molecule has 0 bridgehead atoms. The van der Waals surface area contributed by atoms with Gasteiger partial charge in [-0.2, -0.15) is 0 Å². The Labute approximate surface area is 135 Å². The van der Waals surface area contributed by atoms with Crippen molar-refractivity contribution in [1.82, 2.24) is 9.80 Å². The second-order valence-electron chi connectivity index (χ2n) is 7.59. The molecule has 0 atom stereocenters. The molecule has 3 nitrogen and oxygen atoms in total. The first-order valence-corrected chi connectivity index (χ1v) is 8.66. The van der Waals surface area contributed by atoms with Crippen LogP contribution in [-0.4, -0.2) is 48.1 Å². The Morgan fingerprint density at radius 1 is 1.18 bits per heavy atom. The fourth-order valence-electron chi connectivity index (χ4n) is 3.91. The molecule has 0 unspecified atom stereocenters. The van der Waals surface area contributed by atoms with Gasteiger partial charge in [-0.15, -0.1) is 0 Å². The van der Waals surface area contributed by atoms with Crippen LogP contribution in [-0.2, 0) is 6.54 Å². The van der Waals surface area contributed by atoms with Crippen molar-refractivity contribution in [2.24, 2.45) is 0 Å². The third-order valence-corrected chi connectivity index (χ3v) is 5.49. The quantitative estimate of drug-likeness (QED) is 0.831. The van der Waals surface area contributed by atoms with Crippen LogP contribution in [0.25, 0.3) is 0 Å². The zero-order chi connectivity index (χ0) is 15.7. The van der Waals surface area contributed by atoms with Crippen LogP contribution in [0.2, 0.25) is 0 Å². The summed E-state index contributed by atoms with van der Waals surface area (Å²) in [6, 6.07) is 9.86. The van der Waals surface area contributed by atoms with Crippen LogP contribution in [0.1, 0.15) is 45.1 Å². The third kappa shape index (κ3) is 3.16. The van der Waals surface area contributed by atoms with Gasteiger partial charge in [0.2, 0.25) is 0 Å². The van der Waals surface area contributed by atoms with E-state index in [4.69, 9.17) is 4.74 Å². The molecule has 1 fully saturated rings. The smallest absolute Gasteiger partial charge is 0.124 e. The first kappa shape index (κ1) is 15.8. The van der Waals surface area contributed by atoms with Gasteiger partial charge in [0.25, 0.3) is 0 Å². The van der Waals surface area contributed by atoms with Gasteiger partial charge in [-0.25, -0.2) is 0 Å². The highest BCUT2D eigenvalue weighted by Gasteiger charge is 2.41. The van der Waals surface area contributed by atoms with Crippen LogP contribution in [0.5, 0.6) is 5.75 Å². The van der Waals surface area contributed by atoms with Crippen LogP contribution in [0.4, 0.5) is 0 Å². The molecule has 0 saturated heterocycles. The van der Waals surface area contributed by atoms with E-state index in [0.29, 0.717) is 12.1 Å². The van der Waals surface area contributed by atoms with Gasteiger partial charge in [0.05, 0.1) is 0 Å². The largest absolute Gasteiger partial charge is 0.486 e. The molecule has 0 amide bonds. The minimum absolute atomic E-state index is 0.00336. The summed E-state index contributed by atoms with van der Waals surface area (Å²) in [5.74, 6) is 1.11. The van der Waals surface area contributed by atoms with Gasteiger partial charge in [-0.3, -0.25) is 4.90 Å². The lowest BCUT2D eigenvalue weighted by atomic mass is 9.81. The maximum atomic E-state index is 6.63. The van der Waals surface area contributed by atoms with Crippen molar-refractivity contribution >= 4 is 0 Å². The molecule has 1 aromatic rings. The number of ether oxygens (including phenoxy) is 1. The molecule has 1 aliphatic carbocycles. The molecule has 0 N–H and O–H groups in total. The highest BCUT2D eigenvalue weighted by Crippen LogP contribution is 2.39. The second kappa shape index (κ2) is 6.21. The summed E-state index contributed by atoms with van der Waals surface area (Å²) in [7, 11) is 4.40. The summed E-state index contributed by atoms with van der Waals surface area (Å²) in [6.07, 6.45) is 4.79. The second-order valence-corrected chi connectivity index (χ2v) is 7.59. The molecule has 1 spiro atoms. The first-order chi connectivity index (χ1) is 10.5. The Bertz CT molecular complexity index is 504. The fraction of sp³-hybridized carbons (Fsp3) is 0.684. The summed E-state index contributed by atoms with van der Waals surface area (Å²) in [5, 5.41) is 0. The molecule has 2 aliphatic rings. The zero-order valence-electron chi connectivity index (χ0n) is 14.5. The minimum atomic E-state index is 0.00336. The normalized spacial score (nSPS) is 29.5. The number of hydrogen-bond acceptors (Lipinski definition) is 3. The molecule has 1 saturated carbocycles. The van der Waals surface area contributed by atoms with Crippen molar-refractivity contribution in [3.63, 3.8) is 0 Å². The van der Waals surface area contributed by atoms with Gasteiger partial charge < -0.3 is 9.64 Å². The van der Waals surface area contributed by atoms with Crippen molar-refractivity contribution in [3.05, 3.63) is 29.8 Å². The summed E-state index contributed by atoms with van der Waals surface area (Å²) in [5.41, 5.74) is 1.34. The molecule has 122 valence electrons. The monoisotopic (exact) mass is 302 g/mol. The topological polar surface area (TPSA) is 15.7 Å². The SMILES string of the molecule is CC(C)N1Cc2ccccc2OC2(CCC(N(C)C)CC2)C1. The van der Waals surface area contributed by atoms with Gasteiger partial charge in [0, 0.05) is 30.7 Å². The van der Waals surface area contributed by atoms with Crippen molar-refractivity contribution in [2.75, 3.05) is 20.6 Å². The lowest BCUT2D eigenvalue weighted by Crippen LogP contribution is -2.51. The molecule has 0 aromatic heterocycles. The summed E-state index contributed by atoms with van der Waals surface area (Å²) in [4.78, 5) is 4.96. The van der Waals surface area contributed by atoms with Crippen molar-refractivity contribution in [2.45, 2.75) is 63.8 Å². The van der Waals surface area contributed by atoms with E-state index in [9.17, 15) is 0 Å². The molecule has 3 heteroatoms. The number of benzene rings is 1. The summed E-state index contributed by atoms with van der Waals surface area (Å²) >= 11 is 0. The molecule has 0 radical (unpaired) electrons. The van der Waals surface area contributed by atoms with Crippen LogP contribution >= 0.6 is 0 Å². The van der Waals surface area contributed by atoms with Gasteiger partial charge in [0.15, 0.2) is 0 Å². The molecule has 3 rings (SSSR count). The van der Waals surface area contributed by atoms with Crippen LogP contribution < -0.4 is 4.74 Å². The predicted octanol–water partition coefficient (Wildman–Crippen LogP) is 3.53. The highest BCUT2D eigenvalue weighted by molar-refractivity contribution is 5.35. The standard InChI is InChI=1S/C19H30N2O/c1-15(2)21-13-16-7-5-6-8-18(16)22-19(14-21)11-9-17(10-12-19)20(3)4/h5-8,15,17H,9-14H2,1-4H3. The lowest BCUT2D eigenvalue weighted by molar-refractivity contribution is -0.0179. The fourth-order valence-corrected chi connectivity index (χ4v) is 3.91.